The minimum atomic E-state index is -0.943. The fourth-order valence-corrected chi connectivity index (χ4v) is 4.12. The summed E-state index contributed by atoms with van der Waals surface area (Å²) in [6, 6.07) is 6.18. The highest BCUT2D eigenvalue weighted by atomic mass is 16.5. The van der Waals surface area contributed by atoms with Crippen LogP contribution in [0, 0.1) is 11.8 Å². The molecule has 0 saturated carbocycles. The fourth-order valence-electron chi connectivity index (χ4n) is 4.12. The quantitative estimate of drug-likeness (QED) is 0.836. The summed E-state index contributed by atoms with van der Waals surface area (Å²) in [4.78, 5) is 24.7. The first-order chi connectivity index (χ1) is 12.4. The number of carbonyl (C=O) groups is 2. The minimum absolute atomic E-state index is 0.0557. The normalized spacial score (nSPS) is 27.6. The maximum absolute atomic E-state index is 13.0. The molecule has 2 heterocycles. The summed E-state index contributed by atoms with van der Waals surface area (Å²) in [6.45, 7) is 12.9. The van der Waals surface area contributed by atoms with Gasteiger partial charge in [-0.1, -0.05) is 47.6 Å². The van der Waals surface area contributed by atoms with Gasteiger partial charge in [-0.25, -0.2) is 0 Å². The summed E-state index contributed by atoms with van der Waals surface area (Å²) in [5.74, 6) is -2.57. The third-order valence-corrected chi connectivity index (χ3v) is 5.79. The van der Waals surface area contributed by atoms with Gasteiger partial charge in [0, 0.05) is 5.69 Å². The van der Waals surface area contributed by atoms with Gasteiger partial charge in [-0.05, 0) is 46.9 Å². The maximum Gasteiger partial charge on any atom is 0.310 e. The van der Waals surface area contributed by atoms with Crippen LogP contribution in [0.5, 0.6) is 0 Å². The predicted octanol–water partition coefficient (Wildman–Crippen LogP) is 4.10. The van der Waals surface area contributed by atoms with E-state index in [2.05, 4.69) is 52.9 Å². The Bertz CT molecular complexity index is 724. The van der Waals surface area contributed by atoms with Crippen LogP contribution in [-0.4, -0.2) is 29.2 Å². The van der Waals surface area contributed by atoms with E-state index in [1.54, 1.807) is 0 Å². The molecule has 2 N–H and O–H groups in total. The lowest BCUT2D eigenvalue weighted by Gasteiger charge is -2.27. The zero-order chi connectivity index (χ0) is 20.1. The van der Waals surface area contributed by atoms with Gasteiger partial charge in [-0.2, -0.15) is 0 Å². The first-order valence-electron chi connectivity index (χ1n) is 9.73. The molecule has 2 aliphatic rings. The number of aliphatic carboxylic acids is 1. The van der Waals surface area contributed by atoms with E-state index < -0.39 is 17.8 Å². The average Bonchev–Trinajstić information content (AvgIpc) is 3.13. The summed E-state index contributed by atoms with van der Waals surface area (Å²) < 4.78 is 5.73. The minimum Gasteiger partial charge on any atom is -0.481 e. The van der Waals surface area contributed by atoms with E-state index in [4.69, 9.17) is 4.74 Å². The molecule has 2 unspecified atom stereocenters. The van der Waals surface area contributed by atoms with Crippen LogP contribution in [0.2, 0.25) is 0 Å². The number of nitrogens with one attached hydrogen (secondary N) is 1. The van der Waals surface area contributed by atoms with E-state index in [-0.39, 0.29) is 28.9 Å². The summed E-state index contributed by atoms with van der Waals surface area (Å²) in [6.07, 6.45) is 0.847. The van der Waals surface area contributed by atoms with E-state index in [0.717, 1.165) is 29.7 Å². The molecule has 0 radical (unpaired) electrons. The molecule has 148 valence electrons. The zero-order valence-corrected chi connectivity index (χ0v) is 17.1. The van der Waals surface area contributed by atoms with Gasteiger partial charge in [0.1, 0.15) is 0 Å². The molecule has 1 aromatic rings. The van der Waals surface area contributed by atoms with Gasteiger partial charge in [-0.15, -0.1) is 0 Å². The van der Waals surface area contributed by atoms with Gasteiger partial charge in [-0.3, -0.25) is 9.59 Å². The number of anilines is 1. The van der Waals surface area contributed by atoms with E-state index >= 15 is 0 Å². The molecular weight excluding hydrogens is 342 g/mol. The number of benzene rings is 1. The molecule has 2 saturated heterocycles. The number of carboxylic acids is 1. The second-order valence-electron chi connectivity index (χ2n) is 9.97. The molecule has 27 heavy (non-hydrogen) atoms. The van der Waals surface area contributed by atoms with Crippen molar-refractivity contribution in [2.75, 3.05) is 5.32 Å². The lowest BCUT2D eigenvalue weighted by molar-refractivity contribution is -0.147. The number of hydrogen-bond donors (Lipinski definition) is 2. The van der Waals surface area contributed by atoms with Crippen LogP contribution in [-0.2, 0) is 25.2 Å². The molecule has 3 rings (SSSR count). The largest absolute Gasteiger partial charge is 0.481 e. The Hall–Kier alpha value is -1.88. The van der Waals surface area contributed by atoms with Crippen LogP contribution in [0.15, 0.2) is 18.2 Å². The summed E-state index contributed by atoms with van der Waals surface area (Å²) >= 11 is 0. The van der Waals surface area contributed by atoms with Gasteiger partial charge >= 0.3 is 5.97 Å². The molecule has 0 aromatic heterocycles. The van der Waals surface area contributed by atoms with E-state index in [0.29, 0.717) is 0 Å². The van der Waals surface area contributed by atoms with Crippen molar-refractivity contribution >= 4 is 17.6 Å². The van der Waals surface area contributed by atoms with Crippen LogP contribution < -0.4 is 5.32 Å². The standard InChI is InChI=1S/C22H31NO4/c1-21(2,3)12-9-13(22(4,5)6)11-14(10-12)23-19(24)17-15-7-8-16(27-15)18(17)20(25)26/h9-11,15-18H,7-8H2,1-6H3,(H,23,24)(H,25,26)/t15-,16-,17?,18?/m1/s1. The molecule has 5 heteroatoms. The van der Waals surface area contributed by atoms with Gasteiger partial charge in [0.25, 0.3) is 0 Å². The molecule has 2 fully saturated rings. The average molecular weight is 373 g/mol. The van der Waals surface area contributed by atoms with E-state index in [9.17, 15) is 14.7 Å². The molecule has 1 amide bonds. The Labute approximate surface area is 161 Å². The van der Waals surface area contributed by atoms with Gasteiger partial charge in [0.2, 0.25) is 5.91 Å². The number of carbonyl (C=O) groups excluding carboxylic acids is 1. The van der Waals surface area contributed by atoms with Crippen LogP contribution in [0.25, 0.3) is 0 Å². The molecule has 0 spiro atoms. The van der Waals surface area contributed by atoms with Gasteiger partial charge in [0.05, 0.1) is 24.0 Å². The van der Waals surface area contributed by atoms with Crippen molar-refractivity contribution in [3.8, 4) is 0 Å². The first-order valence-corrected chi connectivity index (χ1v) is 9.73. The summed E-state index contributed by atoms with van der Waals surface area (Å²) in [5.41, 5.74) is 2.90. The number of fused-ring (bicyclic) bond motifs is 2. The summed E-state index contributed by atoms with van der Waals surface area (Å²) in [5, 5.41) is 12.6. The number of hydrogen-bond acceptors (Lipinski definition) is 3. The third-order valence-electron chi connectivity index (χ3n) is 5.79. The zero-order valence-electron chi connectivity index (χ0n) is 17.1. The lowest BCUT2D eigenvalue weighted by Crippen LogP contribution is -2.41. The Balaban J connectivity index is 1.90. The highest BCUT2D eigenvalue weighted by Gasteiger charge is 2.55. The Kier molecular flexibility index (Phi) is 4.87. The fraction of sp³-hybridized carbons (Fsp3) is 0.636. The van der Waals surface area contributed by atoms with E-state index in [1.807, 2.05) is 12.1 Å². The third kappa shape index (κ3) is 3.88. The Morgan fingerprint density at radius 3 is 1.85 bits per heavy atom. The van der Waals surface area contributed by atoms with Gasteiger partial charge in [0.15, 0.2) is 0 Å². The van der Waals surface area contributed by atoms with Crippen molar-refractivity contribution in [1.29, 1.82) is 0 Å². The number of rotatable bonds is 3. The topological polar surface area (TPSA) is 75.6 Å². The van der Waals surface area contributed by atoms with Crippen LogP contribution in [0.3, 0.4) is 0 Å². The number of carboxylic acid groups (broad SMARTS) is 1. The molecule has 2 aliphatic heterocycles. The SMILES string of the molecule is CC(C)(C)c1cc(NC(=O)C2C(C(=O)O)[C@H]3CC[C@H]2O3)cc(C(C)(C)C)c1. The molecule has 1 aromatic carbocycles. The van der Waals surface area contributed by atoms with Crippen LogP contribution >= 0.6 is 0 Å². The van der Waals surface area contributed by atoms with Crippen molar-refractivity contribution in [1.82, 2.24) is 0 Å². The van der Waals surface area contributed by atoms with Gasteiger partial charge < -0.3 is 15.2 Å². The van der Waals surface area contributed by atoms with Crippen LogP contribution in [0.4, 0.5) is 5.69 Å². The monoisotopic (exact) mass is 373 g/mol. The molecule has 4 atom stereocenters. The lowest BCUT2D eigenvalue weighted by atomic mass is 9.78. The van der Waals surface area contributed by atoms with E-state index in [1.165, 1.54) is 0 Å². The second kappa shape index (κ2) is 6.62. The Morgan fingerprint density at radius 1 is 0.926 bits per heavy atom. The Morgan fingerprint density at radius 2 is 1.41 bits per heavy atom. The maximum atomic E-state index is 13.0. The first kappa shape index (κ1) is 19.9. The second-order valence-corrected chi connectivity index (χ2v) is 9.97. The van der Waals surface area contributed by atoms with Crippen molar-refractivity contribution in [3.63, 3.8) is 0 Å². The van der Waals surface area contributed by atoms with Crippen molar-refractivity contribution in [2.24, 2.45) is 11.8 Å². The molecule has 2 bridgehead atoms. The van der Waals surface area contributed by atoms with Crippen LogP contribution in [0.1, 0.15) is 65.5 Å². The number of amides is 1. The molecular formula is C22H31NO4. The molecule has 5 nitrogen and oxygen atoms in total. The summed E-state index contributed by atoms with van der Waals surface area (Å²) in [7, 11) is 0. The predicted molar refractivity (Wildman–Crippen MR) is 105 cm³/mol. The number of ether oxygens (including phenoxy) is 1. The smallest absolute Gasteiger partial charge is 0.310 e. The molecule has 0 aliphatic carbocycles. The highest BCUT2D eigenvalue weighted by molar-refractivity contribution is 5.96. The van der Waals surface area contributed by atoms with Crippen molar-refractivity contribution in [2.45, 2.75) is 77.4 Å². The van der Waals surface area contributed by atoms with Crippen molar-refractivity contribution < 1.29 is 19.4 Å². The van der Waals surface area contributed by atoms with Crippen molar-refractivity contribution in [3.05, 3.63) is 29.3 Å². The highest BCUT2D eigenvalue weighted by Crippen LogP contribution is 2.44.